The highest BCUT2D eigenvalue weighted by molar-refractivity contribution is 6.33. The molecule has 0 unspecified atom stereocenters. The maximum atomic E-state index is 12.4. The van der Waals surface area contributed by atoms with Gasteiger partial charge in [0.15, 0.2) is 0 Å². The number of nitrogens with zero attached hydrogens (tertiary/aromatic N) is 2. The van der Waals surface area contributed by atoms with E-state index in [1.54, 1.807) is 12.4 Å². The van der Waals surface area contributed by atoms with Gasteiger partial charge in [-0.25, -0.2) is 5.43 Å². The fourth-order valence-electron chi connectivity index (χ4n) is 3.34. The number of carbonyl (C=O) groups excluding carboxylic acids is 1. The van der Waals surface area contributed by atoms with Crippen molar-refractivity contribution in [1.82, 2.24) is 15.4 Å². The molecule has 6 nitrogen and oxygen atoms in total. The number of pyridine rings is 1. The second-order valence-corrected chi connectivity index (χ2v) is 6.44. The van der Waals surface area contributed by atoms with Crippen LogP contribution in [0.3, 0.4) is 0 Å². The minimum atomic E-state index is -0.214. The minimum Gasteiger partial charge on any atom is -0.396 e. The van der Waals surface area contributed by atoms with Crippen LogP contribution in [0.4, 0.5) is 0 Å². The Balaban J connectivity index is 1.79. The van der Waals surface area contributed by atoms with Crippen LogP contribution in [0.15, 0.2) is 59.5 Å². The number of aliphatic hydroxyl groups is 1. The van der Waals surface area contributed by atoms with Gasteiger partial charge in [0, 0.05) is 46.7 Å². The average molecular weight is 360 g/mol. The maximum Gasteiger partial charge on any atom is 0.273 e. The van der Waals surface area contributed by atoms with Crippen molar-refractivity contribution in [1.29, 1.82) is 0 Å². The van der Waals surface area contributed by atoms with E-state index in [4.69, 9.17) is 5.11 Å². The van der Waals surface area contributed by atoms with E-state index in [0.29, 0.717) is 11.3 Å². The zero-order chi connectivity index (χ0) is 18.6. The first kappa shape index (κ1) is 17.2. The van der Waals surface area contributed by atoms with Gasteiger partial charge in [-0.05, 0) is 43.5 Å². The molecule has 3 aromatic rings. The van der Waals surface area contributed by atoms with E-state index in [-0.39, 0.29) is 12.5 Å². The summed E-state index contributed by atoms with van der Waals surface area (Å²) in [5.41, 5.74) is 7.66. The first-order valence-corrected chi connectivity index (χ1v) is 8.99. The first-order chi connectivity index (χ1) is 13.3. The van der Waals surface area contributed by atoms with Crippen molar-refractivity contribution in [3.05, 3.63) is 71.2 Å². The molecule has 2 aromatic heterocycles. The van der Waals surface area contributed by atoms with Crippen molar-refractivity contribution in [2.75, 3.05) is 6.61 Å². The van der Waals surface area contributed by atoms with E-state index in [1.807, 2.05) is 42.5 Å². The summed E-state index contributed by atoms with van der Waals surface area (Å²) in [7, 11) is 0. The van der Waals surface area contributed by atoms with Gasteiger partial charge in [-0.3, -0.25) is 9.78 Å². The van der Waals surface area contributed by atoms with Crippen LogP contribution < -0.4 is 5.43 Å². The van der Waals surface area contributed by atoms with Gasteiger partial charge in [-0.2, -0.15) is 5.10 Å². The molecule has 6 heteroatoms. The molecule has 1 aliphatic heterocycles. The van der Waals surface area contributed by atoms with Crippen molar-refractivity contribution < 1.29 is 9.90 Å². The number of hydrogen-bond donors (Lipinski definition) is 3. The zero-order valence-electron chi connectivity index (χ0n) is 14.8. The predicted octanol–water partition coefficient (Wildman–Crippen LogP) is 2.80. The van der Waals surface area contributed by atoms with E-state index >= 15 is 0 Å². The molecule has 0 radical (unpaired) electrons. The van der Waals surface area contributed by atoms with Crippen LogP contribution in [-0.4, -0.2) is 33.3 Å². The van der Waals surface area contributed by atoms with Gasteiger partial charge in [0.1, 0.15) is 5.71 Å². The summed E-state index contributed by atoms with van der Waals surface area (Å²) in [6.45, 7) is 0.178. The number of fused-ring (bicyclic) bond motifs is 1. The van der Waals surface area contributed by atoms with Crippen LogP contribution in [0.1, 0.15) is 29.7 Å². The Morgan fingerprint density at radius 1 is 1.07 bits per heavy atom. The summed E-state index contributed by atoms with van der Waals surface area (Å²) in [6, 6.07) is 11.7. The normalized spacial score (nSPS) is 15.4. The van der Waals surface area contributed by atoms with E-state index in [1.165, 1.54) is 0 Å². The Morgan fingerprint density at radius 3 is 2.70 bits per heavy atom. The largest absolute Gasteiger partial charge is 0.396 e. The molecule has 3 N–H and O–H groups in total. The number of carbonyl (C=O) groups is 1. The van der Waals surface area contributed by atoms with Gasteiger partial charge in [0.2, 0.25) is 0 Å². The molecule has 4 rings (SSSR count). The highest BCUT2D eigenvalue weighted by Crippen LogP contribution is 2.28. The van der Waals surface area contributed by atoms with E-state index < -0.39 is 0 Å². The first-order valence-electron chi connectivity index (χ1n) is 8.99. The van der Waals surface area contributed by atoms with Crippen molar-refractivity contribution in [3.8, 4) is 0 Å². The Morgan fingerprint density at radius 2 is 1.89 bits per heavy atom. The lowest BCUT2D eigenvalue weighted by Gasteiger charge is -2.04. The third-order valence-corrected chi connectivity index (χ3v) is 4.67. The molecule has 0 fully saturated rings. The molecule has 1 aliphatic rings. The van der Waals surface area contributed by atoms with Gasteiger partial charge < -0.3 is 10.1 Å². The SMILES string of the molecule is O=C1NN=C(c2ccncc2)C1=Cc1c(CCCCO)[nH]c2ccccc12. The second kappa shape index (κ2) is 7.55. The number of amides is 1. The smallest absolute Gasteiger partial charge is 0.273 e. The van der Waals surface area contributed by atoms with Crippen molar-refractivity contribution in [2.45, 2.75) is 19.3 Å². The fourth-order valence-corrected chi connectivity index (χ4v) is 3.34. The van der Waals surface area contributed by atoms with Crippen molar-refractivity contribution in [3.63, 3.8) is 0 Å². The van der Waals surface area contributed by atoms with Crippen molar-refractivity contribution in [2.24, 2.45) is 5.10 Å². The number of aliphatic hydroxyl groups excluding tert-OH is 1. The number of para-hydroxylation sites is 1. The summed E-state index contributed by atoms with van der Waals surface area (Å²) >= 11 is 0. The lowest BCUT2D eigenvalue weighted by atomic mass is 9.99. The zero-order valence-corrected chi connectivity index (χ0v) is 14.8. The molecular weight excluding hydrogens is 340 g/mol. The molecule has 0 aliphatic carbocycles. The molecule has 0 atom stereocenters. The molecule has 0 bridgehead atoms. The Kier molecular flexibility index (Phi) is 4.80. The molecule has 136 valence electrons. The van der Waals surface area contributed by atoms with Crippen LogP contribution in [0.5, 0.6) is 0 Å². The number of aryl methyl sites for hydroxylation is 1. The molecule has 1 aromatic carbocycles. The Labute approximate surface area is 156 Å². The van der Waals surface area contributed by atoms with E-state index in [9.17, 15) is 4.79 Å². The molecular formula is C21H20N4O2. The lowest BCUT2D eigenvalue weighted by molar-refractivity contribution is -0.116. The quantitative estimate of drug-likeness (QED) is 0.466. The summed E-state index contributed by atoms with van der Waals surface area (Å²) < 4.78 is 0. The molecule has 0 saturated carbocycles. The van der Waals surface area contributed by atoms with E-state index in [0.717, 1.165) is 47.0 Å². The number of hydrazone groups is 1. The number of benzene rings is 1. The van der Waals surface area contributed by atoms with Crippen LogP contribution >= 0.6 is 0 Å². The molecule has 3 heterocycles. The summed E-state index contributed by atoms with van der Waals surface area (Å²) in [5.74, 6) is -0.214. The number of rotatable bonds is 6. The monoisotopic (exact) mass is 360 g/mol. The third kappa shape index (κ3) is 3.39. The lowest BCUT2D eigenvalue weighted by Crippen LogP contribution is -2.13. The van der Waals surface area contributed by atoms with Crippen molar-refractivity contribution >= 4 is 28.6 Å². The topological polar surface area (TPSA) is 90.4 Å². The van der Waals surface area contributed by atoms with Crippen LogP contribution in [0.25, 0.3) is 17.0 Å². The standard InChI is InChI=1S/C21H20N4O2/c26-12-4-3-7-19-16(15-5-1-2-6-18(15)23-19)13-17-20(24-25-21(17)27)14-8-10-22-11-9-14/h1-2,5-6,8-11,13,23,26H,3-4,7,12H2,(H,25,27). The summed E-state index contributed by atoms with van der Waals surface area (Å²) in [5, 5.41) is 14.4. The van der Waals surface area contributed by atoms with E-state index in [2.05, 4.69) is 20.5 Å². The average Bonchev–Trinajstić information content (AvgIpc) is 3.24. The van der Waals surface area contributed by atoms with Gasteiger partial charge >= 0.3 is 0 Å². The number of aromatic nitrogens is 2. The molecule has 1 amide bonds. The van der Waals surface area contributed by atoms with Gasteiger partial charge in [-0.15, -0.1) is 0 Å². The van der Waals surface area contributed by atoms with Crippen LogP contribution in [0, 0.1) is 0 Å². The number of hydrogen-bond acceptors (Lipinski definition) is 4. The third-order valence-electron chi connectivity index (χ3n) is 4.67. The Bertz CT molecular complexity index is 1030. The second-order valence-electron chi connectivity index (χ2n) is 6.44. The maximum absolute atomic E-state index is 12.4. The van der Waals surface area contributed by atoms with Gasteiger partial charge in [0.05, 0.1) is 5.57 Å². The Hall–Kier alpha value is -3.25. The number of nitrogens with one attached hydrogen (secondary N) is 2. The van der Waals surface area contributed by atoms with Gasteiger partial charge in [0.25, 0.3) is 5.91 Å². The predicted molar refractivity (Wildman–Crippen MR) is 105 cm³/mol. The highest BCUT2D eigenvalue weighted by Gasteiger charge is 2.25. The molecule has 27 heavy (non-hydrogen) atoms. The van der Waals surface area contributed by atoms with Crippen LogP contribution in [-0.2, 0) is 11.2 Å². The summed E-state index contributed by atoms with van der Waals surface area (Å²) in [4.78, 5) is 19.9. The number of unbranched alkanes of at least 4 members (excludes halogenated alkanes) is 1. The van der Waals surface area contributed by atoms with Gasteiger partial charge in [-0.1, -0.05) is 18.2 Å². The fraction of sp³-hybridized carbons (Fsp3) is 0.190. The number of H-pyrrole nitrogens is 1. The molecule has 0 spiro atoms. The minimum absolute atomic E-state index is 0.178. The highest BCUT2D eigenvalue weighted by atomic mass is 16.2. The summed E-state index contributed by atoms with van der Waals surface area (Å²) in [6.07, 6.45) is 7.70. The number of aromatic amines is 1. The molecule has 0 saturated heterocycles. The van der Waals surface area contributed by atoms with Crippen LogP contribution in [0.2, 0.25) is 0 Å².